The molecule has 2 aromatic rings. The van der Waals surface area contributed by atoms with E-state index in [0.717, 1.165) is 12.1 Å². The highest BCUT2D eigenvalue weighted by molar-refractivity contribution is 5.99. The molecule has 2 N–H and O–H groups in total. The number of nitrogens with zero attached hydrogens (tertiary/aromatic N) is 1. The fourth-order valence-electron chi connectivity index (χ4n) is 1.68. The number of anilines is 1. The normalized spacial score (nSPS) is 11.3. The van der Waals surface area contributed by atoms with Gasteiger partial charge in [0.25, 0.3) is 0 Å². The highest BCUT2D eigenvalue weighted by Crippen LogP contribution is 2.13. The largest absolute Gasteiger partial charge is 0.478 e. The molecule has 108 valence electrons. The number of rotatable bonds is 4. The quantitative estimate of drug-likeness (QED) is 0.669. The number of carbonyl (C=O) groups is 1. The van der Waals surface area contributed by atoms with Gasteiger partial charge in [0.2, 0.25) is 0 Å². The van der Waals surface area contributed by atoms with Gasteiger partial charge in [0.1, 0.15) is 11.6 Å². The summed E-state index contributed by atoms with van der Waals surface area (Å²) in [5.41, 5.74) is 3.93. The van der Waals surface area contributed by atoms with Gasteiger partial charge in [-0.3, -0.25) is 5.43 Å². The number of nitrogens with one attached hydrogen (secondary N) is 1. The lowest BCUT2D eigenvalue weighted by atomic mass is 10.1. The van der Waals surface area contributed by atoms with Crippen molar-refractivity contribution in [1.29, 1.82) is 0 Å². The van der Waals surface area contributed by atoms with Crippen LogP contribution in [0.5, 0.6) is 0 Å². The lowest BCUT2D eigenvalue weighted by molar-refractivity contribution is 0.0697. The van der Waals surface area contributed by atoms with E-state index in [9.17, 15) is 13.6 Å². The van der Waals surface area contributed by atoms with Crippen LogP contribution in [-0.4, -0.2) is 16.8 Å². The fraction of sp³-hybridized carbons (Fsp3) is 0.0667. The maximum atomic E-state index is 13.6. The van der Waals surface area contributed by atoms with Gasteiger partial charge in [0, 0.05) is 11.6 Å². The lowest BCUT2D eigenvalue weighted by Gasteiger charge is -2.05. The minimum absolute atomic E-state index is 0.158. The number of carboxylic acids is 1. The van der Waals surface area contributed by atoms with Crippen molar-refractivity contribution in [2.75, 3.05) is 5.43 Å². The van der Waals surface area contributed by atoms with Crippen molar-refractivity contribution >= 4 is 17.4 Å². The van der Waals surface area contributed by atoms with Crippen LogP contribution >= 0.6 is 0 Å². The van der Waals surface area contributed by atoms with E-state index in [1.165, 1.54) is 18.2 Å². The minimum atomic E-state index is -1.02. The molecule has 0 aliphatic heterocycles. The van der Waals surface area contributed by atoms with Crippen molar-refractivity contribution < 1.29 is 18.7 Å². The molecule has 0 saturated heterocycles. The first kappa shape index (κ1) is 14.6. The molecule has 2 aromatic carbocycles. The molecule has 4 nitrogen and oxygen atoms in total. The fourth-order valence-corrected chi connectivity index (χ4v) is 1.68. The predicted molar refractivity (Wildman–Crippen MR) is 75.6 cm³/mol. The molecule has 0 spiro atoms. The van der Waals surface area contributed by atoms with Gasteiger partial charge < -0.3 is 5.11 Å². The second-order valence-corrected chi connectivity index (χ2v) is 4.32. The lowest BCUT2D eigenvalue weighted by Crippen LogP contribution is -2.03. The number of aromatic carboxylic acids is 1. The summed E-state index contributed by atoms with van der Waals surface area (Å²) in [6.45, 7) is 1.58. The third-order valence-corrected chi connectivity index (χ3v) is 2.81. The Hall–Kier alpha value is -2.76. The van der Waals surface area contributed by atoms with Crippen molar-refractivity contribution in [3.8, 4) is 0 Å². The Labute approximate surface area is 119 Å². The first-order valence-electron chi connectivity index (χ1n) is 6.06. The first-order chi connectivity index (χ1) is 9.97. The summed E-state index contributed by atoms with van der Waals surface area (Å²) >= 11 is 0. The SMILES string of the molecule is C/C(=N/Nc1ccc(C(=O)O)cc1)c1ccc(F)cc1F. The Morgan fingerprint density at radius 3 is 2.38 bits per heavy atom. The van der Waals surface area contributed by atoms with Gasteiger partial charge in [-0.05, 0) is 43.3 Å². The summed E-state index contributed by atoms with van der Waals surface area (Å²) in [5, 5.41) is 12.8. The van der Waals surface area contributed by atoms with Gasteiger partial charge in [-0.2, -0.15) is 5.10 Å². The number of benzene rings is 2. The molecule has 0 saturated carbocycles. The molecule has 0 aliphatic rings. The molecule has 0 fully saturated rings. The van der Waals surface area contributed by atoms with Crippen molar-refractivity contribution in [3.05, 3.63) is 65.2 Å². The van der Waals surface area contributed by atoms with Crippen molar-refractivity contribution in [2.45, 2.75) is 6.92 Å². The molecule has 0 aliphatic carbocycles. The summed E-state index contributed by atoms with van der Waals surface area (Å²) < 4.78 is 26.4. The van der Waals surface area contributed by atoms with E-state index < -0.39 is 17.6 Å². The van der Waals surface area contributed by atoms with E-state index in [-0.39, 0.29) is 11.1 Å². The molecule has 0 unspecified atom stereocenters. The highest BCUT2D eigenvalue weighted by Gasteiger charge is 2.07. The van der Waals surface area contributed by atoms with Crippen LogP contribution in [0, 0.1) is 11.6 Å². The zero-order valence-electron chi connectivity index (χ0n) is 11.1. The average Bonchev–Trinajstić information content (AvgIpc) is 2.45. The second-order valence-electron chi connectivity index (χ2n) is 4.32. The van der Waals surface area contributed by atoms with E-state index >= 15 is 0 Å². The highest BCUT2D eigenvalue weighted by atomic mass is 19.1. The zero-order valence-corrected chi connectivity index (χ0v) is 11.1. The summed E-state index contributed by atoms with van der Waals surface area (Å²) in [7, 11) is 0. The summed E-state index contributed by atoms with van der Waals surface area (Å²) in [4.78, 5) is 10.7. The van der Waals surface area contributed by atoms with Crippen LogP contribution in [0.4, 0.5) is 14.5 Å². The van der Waals surface area contributed by atoms with Crippen molar-refractivity contribution in [3.63, 3.8) is 0 Å². The number of hydrogen-bond donors (Lipinski definition) is 2. The molecule has 0 bridgehead atoms. The van der Waals surface area contributed by atoms with E-state index in [4.69, 9.17) is 5.11 Å². The standard InChI is InChI=1S/C15H12F2N2O2/c1-9(13-7-4-11(16)8-14(13)17)18-19-12-5-2-10(3-6-12)15(20)21/h2-8,19H,1H3,(H,20,21)/b18-9-. The Bertz CT molecular complexity index is 697. The summed E-state index contributed by atoms with van der Waals surface area (Å²) in [5.74, 6) is -2.37. The van der Waals surface area contributed by atoms with E-state index in [1.807, 2.05) is 0 Å². The van der Waals surface area contributed by atoms with Gasteiger partial charge in [0.05, 0.1) is 17.0 Å². The molecule has 21 heavy (non-hydrogen) atoms. The topological polar surface area (TPSA) is 61.7 Å². The molecular formula is C15H12F2N2O2. The summed E-state index contributed by atoms with van der Waals surface area (Å²) in [6, 6.07) is 9.18. The Balaban J connectivity index is 2.14. The molecule has 0 amide bonds. The third kappa shape index (κ3) is 3.62. The van der Waals surface area contributed by atoms with Crippen LogP contribution in [0.15, 0.2) is 47.6 Å². The van der Waals surface area contributed by atoms with E-state index in [0.29, 0.717) is 11.4 Å². The van der Waals surface area contributed by atoms with Gasteiger partial charge >= 0.3 is 5.97 Å². The van der Waals surface area contributed by atoms with Gasteiger partial charge in [-0.15, -0.1) is 0 Å². The third-order valence-electron chi connectivity index (χ3n) is 2.81. The minimum Gasteiger partial charge on any atom is -0.478 e. The first-order valence-corrected chi connectivity index (χ1v) is 6.06. The van der Waals surface area contributed by atoms with E-state index in [1.54, 1.807) is 19.1 Å². The maximum Gasteiger partial charge on any atom is 0.335 e. The van der Waals surface area contributed by atoms with Crippen LogP contribution in [0.2, 0.25) is 0 Å². The predicted octanol–water partition coefficient (Wildman–Crippen LogP) is 3.50. The van der Waals surface area contributed by atoms with Crippen LogP contribution in [0.3, 0.4) is 0 Å². The smallest absolute Gasteiger partial charge is 0.335 e. The molecule has 0 aromatic heterocycles. The molecule has 6 heteroatoms. The number of hydrazone groups is 1. The maximum absolute atomic E-state index is 13.6. The van der Waals surface area contributed by atoms with E-state index in [2.05, 4.69) is 10.5 Å². The molecule has 0 atom stereocenters. The monoisotopic (exact) mass is 290 g/mol. The Morgan fingerprint density at radius 2 is 1.81 bits per heavy atom. The van der Waals surface area contributed by atoms with Crippen LogP contribution in [0.25, 0.3) is 0 Å². The van der Waals surface area contributed by atoms with Crippen LogP contribution < -0.4 is 5.43 Å². The molecule has 0 radical (unpaired) electrons. The molecular weight excluding hydrogens is 278 g/mol. The van der Waals surface area contributed by atoms with Crippen molar-refractivity contribution in [2.24, 2.45) is 5.10 Å². The van der Waals surface area contributed by atoms with Crippen LogP contribution in [0.1, 0.15) is 22.8 Å². The Morgan fingerprint density at radius 1 is 1.14 bits per heavy atom. The average molecular weight is 290 g/mol. The second kappa shape index (κ2) is 6.13. The zero-order chi connectivity index (χ0) is 15.4. The molecule has 2 rings (SSSR count). The van der Waals surface area contributed by atoms with Gasteiger partial charge in [-0.25, -0.2) is 13.6 Å². The molecule has 0 heterocycles. The number of halogens is 2. The number of hydrogen-bond acceptors (Lipinski definition) is 3. The van der Waals surface area contributed by atoms with Crippen LogP contribution in [-0.2, 0) is 0 Å². The van der Waals surface area contributed by atoms with Gasteiger partial charge in [0.15, 0.2) is 0 Å². The van der Waals surface area contributed by atoms with Crippen molar-refractivity contribution in [1.82, 2.24) is 0 Å². The summed E-state index contributed by atoms with van der Waals surface area (Å²) in [6.07, 6.45) is 0. The van der Waals surface area contributed by atoms with Gasteiger partial charge in [-0.1, -0.05) is 0 Å². The Kier molecular flexibility index (Phi) is 4.27. The number of carboxylic acid groups (broad SMARTS) is 1.